The number of aryl methyl sites for hydroxylation is 1. The Bertz CT molecular complexity index is 842. The smallest absolute Gasteiger partial charge is 0.331 e. The van der Waals surface area contributed by atoms with E-state index in [-0.39, 0.29) is 17.6 Å². The lowest BCUT2D eigenvalue weighted by atomic mass is 10.2. The summed E-state index contributed by atoms with van der Waals surface area (Å²) in [6.07, 6.45) is 2.03. The lowest BCUT2D eigenvalue weighted by Gasteiger charge is -2.09. The molecular weight excluding hydrogens is 306 g/mol. The van der Waals surface area contributed by atoms with Crippen molar-refractivity contribution in [2.45, 2.75) is 18.9 Å². The molecule has 1 unspecified atom stereocenters. The summed E-state index contributed by atoms with van der Waals surface area (Å²) in [6, 6.07) is 1.55. The van der Waals surface area contributed by atoms with Gasteiger partial charge in [-0.05, 0) is 18.9 Å². The van der Waals surface area contributed by atoms with Crippen molar-refractivity contribution in [3.8, 4) is 0 Å². The van der Waals surface area contributed by atoms with Gasteiger partial charge < -0.3 is 10.1 Å². The Balaban J connectivity index is 1.90. The summed E-state index contributed by atoms with van der Waals surface area (Å²) in [5.74, 6) is -0.244. The Labute approximate surface area is 130 Å². The number of nitrogens with one attached hydrogen (secondary N) is 1. The van der Waals surface area contributed by atoms with E-state index in [1.54, 1.807) is 13.1 Å². The van der Waals surface area contributed by atoms with Gasteiger partial charge >= 0.3 is 5.69 Å². The Hall–Kier alpha value is -1.93. The lowest BCUT2D eigenvalue weighted by molar-refractivity contribution is 0.0861. The van der Waals surface area contributed by atoms with Crippen LogP contribution in [-0.2, 0) is 18.8 Å². The zero-order valence-corrected chi connectivity index (χ0v) is 13.2. The van der Waals surface area contributed by atoms with Gasteiger partial charge in [0.15, 0.2) is 0 Å². The molecule has 0 radical (unpaired) electrons. The number of thiophene rings is 1. The van der Waals surface area contributed by atoms with Crippen molar-refractivity contribution in [3.05, 3.63) is 31.8 Å². The molecule has 1 N–H and O–H groups in total. The van der Waals surface area contributed by atoms with E-state index in [9.17, 15) is 14.4 Å². The highest BCUT2D eigenvalue weighted by Gasteiger charge is 2.19. The van der Waals surface area contributed by atoms with Crippen LogP contribution in [0.2, 0.25) is 0 Å². The van der Waals surface area contributed by atoms with Crippen molar-refractivity contribution < 1.29 is 9.53 Å². The van der Waals surface area contributed by atoms with E-state index in [4.69, 9.17) is 4.74 Å². The largest absolute Gasteiger partial charge is 0.376 e. The molecule has 1 aliphatic heterocycles. The topological polar surface area (TPSA) is 82.3 Å². The molecule has 1 fully saturated rings. The standard InChI is InChI=1S/C14H17N3O4S/c1-16-12(19)9-6-10(22-13(9)17(2)14(16)20)11(18)15-7-8-4-3-5-21-8/h6,8H,3-5,7H2,1-2H3,(H,15,18). The summed E-state index contributed by atoms with van der Waals surface area (Å²) in [7, 11) is 3.02. The SMILES string of the molecule is Cn1c(=O)c2cc(C(=O)NCC3CCCO3)sc2n(C)c1=O. The first-order valence-corrected chi connectivity index (χ1v) is 7.90. The maximum Gasteiger partial charge on any atom is 0.331 e. The van der Waals surface area contributed by atoms with Crippen LogP contribution in [0.4, 0.5) is 0 Å². The van der Waals surface area contributed by atoms with Gasteiger partial charge in [0.25, 0.3) is 11.5 Å². The van der Waals surface area contributed by atoms with Gasteiger partial charge in [-0.1, -0.05) is 0 Å². The van der Waals surface area contributed by atoms with Crippen molar-refractivity contribution in [1.29, 1.82) is 0 Å². The third-order valence-corrected chi connectivity index (χ3v) is 5.07. The number of ether oxygens (including phenoxy) is 1. The number of hydrogen-bond acceptors (Lipinski definition) is 5. The maximum absolute atomic E-state index is 12.2. The molecule has 0 bridgehead atoms. The summed E-state index contributed by atoms with van der Waals surface area (Å²) < 4.78 is 7.89. The molecule has 3 rings (SSSR count). The minimum Gasteiger partial charge on any atom is -0.376 e. The number of fused-ring (bicyclic) bond motifs is 1. The summed E-state index contributed by atoms with van der Waals surface area (Å²) in [5.41, 5.74) is -0.779. The fraction of sp³-hybridized carbons (Fsp3) is 0.500. The molecule has 2 aromatic heterocycles. The van der Waals surface area contributed by atoms with Crippen LogP contribution in [-0.4, -0.2) is 34.3 Å². The quantitative estimate of drug-likeness (QED) is 0.875. The predicted molar refractivity (Wildman–Crippen MR) is 83.6 cm³/mol. The molecule has 8 heteroatoms. The Morgan fingerprint density at radius 2 is 2.18 bits per heavy atom. The van der Waals surface area contributed by atoms with E-state index in [0.29, 0.717) is 21.6 Å². The third kappa shape index (κ3) is 2.48. The van der Waals surface area contributed by atoms with Crippen LogP contribution < -0.4 is 16.6 Å². The monoisotopic (exact) mass is 323 g/mol. The van der Waals surface area contributed by atoms with Crippen LogP contribution in [0.25, 0.3) is 10.2 Å². The number of amides is 1. The van der Waals surface area contributed by atoms with Gasteiger partial charge in [0.05, 0.1) is 16.4 Å². The molecular formula is C14H17N3O4S. The predicted octanol–water partition coefficient (Wildman–Crippen LogP) is 0.207. The second-order valence-electron chi connectivity index (χ2n) is 5.38. The maximum atomic E-state index is 12.2. The molecule has 0 spiro atoms. The second-order valence-corrected chi connectivity index (χ2v) is 6.41. The summed E-state index contributed by atoms with van der Waals surface area (Å²) in [6.45, 7) is 1.20. The fourth-order valence-electron chi connectivity index (χ4n) is 2.57. The fourth-order valence-corrected chi connectivity index (χ4v) is 3.60. The van der Waals surface area contributed by atoms with Crippen LogP contribution in [0, 0.1) is 0 Å². The lowest BCUT2D eigenvalue weighted by Crippen LogP contribution is -2.36. The van der Waals surface area contributed by atoms with Gasteiger partial charge in [-0.15, -0.1) is 11.3 Å². The van der Waals surface area contributed by atoms with Gasteiger partial charge in [-0.2, -0.15) is 0 Å². The van der Waals surface area contributed by atoms with Gasteiger partial charge in [-0.25, -0.2) is 4.79 Å². The van der Waals surface area contributed by atoms with E-state index in [2.05, 4.69) is 5.32 Å². The Morgan fingerprint density at radius 3 is 2.86 bits per heavy atom. The van der Waals surface area contributed by atoms with Gasteiger partial charge in [0.2, 0.25) is 0 Å². The van der Waals surface area contributed by atoms with Crippen molar-refractivity contribution in [1.82, 2.24) is 14.5 Å². The van der Waals surface area contributed by atoms with Crippen molar-refractivity contribution in [2.24, 2.45) is 14.1 Å². The van der Waals surface area contributed by atoms with E-state index < -0.39 is 5.69 Å². The van der Waals surface area contributed by atoms with Crippen LogP contribution >= 0.6 is 11.3 Å². The highest BCUT2D eigenvalue weighted by molar-refractivity contribution is 7.20. The summed E-state index contributed by atoms with van der Waals surface area (Å²) in [5, 5.41) is 3.21. The summed E-state index contributed by atoms with van der Waals surface area (Å²) in [4.78, 5) is 37.1. The number of carbonyl (C=O) groups is 1. The van der Waals surface area contributed by atoms with E-state index in [0.717, 1.165) is 35.4 Å². The molecule has 1 aliphatic rings. The molecule has 0 saturated carbocycles. The van der Waals surface area contributed by atoms with Crippen molar-refractivity contribution in [3.63, 3.8) is 0 Å². The van der Waals surface area contributed by atoms with Crippen LogP contribution in [0.5, 0.6) is 0 Å². The molecule has 0 aliphatic carbocycles. The highest BCUT2D eigenvalue weighted by atomic mass is 32.1. The number of nitrogens with zero attached hydrogens (tertiary/aromatic N) is 2. The minimum atomic E-state index is -0.398. The highest BCUT2D eigenvalue weighted by Crippen LogP contribution is 2.21. The molecule has 1 amide bonds. The molecule has 7 nitrogen and oxygen atoms in total. The number of rotatable bonds is 3. The van der Waals surface area contributed by atoms with Gasteiger partial charge in [0, 0.05) is 27.2 Å². The van der Waals surface area contributed by atoms with E-state index in [1.807, 2.05) is 0 Å². The Kier molecular flexibility index (Phi) is 3.88. The minimum absolute atomic E-state index is 0.0653. The first-order chi connectivity index (χ1) is 10.5. The molecule has 22 heavy (non-hydrogen) atoms. The number of aromatic nitrogens is 2. The first kappa shape index (κ1) is 15.0. The molecule has 1 saturated heterocycles. The second kappa shape index (κ2) is 5.69. The zero-order chi connectivity index (χ0) is 15.9. The van der Waals surface area contributed by atoms with Gasteiger partial charge in [-0.3, -0.25) is 18.7 Å². The first-order valence-electron chi connectivity index (χ1n) is 7.08. The third-order valence-electron chi connectivity index (χ3n) is 3.86. The summed E-state index contributed by atoms with van der Waals surface area (Å²) >= 11 is 1.15. The zero-order valence-electron chi connectivity index (χ0n) is 12.4. The van der Waals surface area contributed by atoms with E-state index in [1.165, 1.54) is 11.6 Å². The molecule has 118 valence electrons. The normalized spacial score (nSPS) is 18.0. The number of carbonyl (C=O) groups excluding carboxylic acids is 1. The van der Waals surface area contributed by atoms with Crippen LogP contribution in [0.1, 0.15) is 22.5 Å². The van der Waals surface area contributed by atoms with Crippen LogP contribution in [0.3, 0.4) is 0 Å². The molecule has 0 aromatic carbocycles. The average molecular weight is 323 g/mol. The molecule has 1 atom stereocenters. The van der Waals surface area contributed by atoms with Crippen molar-refractivity contribution in [2.75, 3.05) is 13.2 Å². The molecule has 2 aromatic rings. The molecule has 3 heterocycles. The average Bonchev–Trinajstić information content (AvgIpc) is 3.17. The number of hydrogen-bond donors (Lipinski definition) is 1. The van der Waals surface area contributed by atoms with E-state index >= 15 is 0 Å². The van der Waals surface area contributed by atoms with Gasteiger partial charge in [0.1, 0.15) is 4.83 Å². The van der Waals surface area contributed by atoms with Crippen LogP contribution in [0.15, 0.2) is 15.7 Å². The van der Waals surface area contributed by atoms with Crippen molar-refractivity contribution >= 4 is 27.5 Å². The Morgan fingerprint density at radius 1 is 1.41 bits per heavy atom.